The first-order valence-corrected chi connectivity index (χ1v) is 6.49. The summed E-state index contributed by atoms with van der Waals surface area (Å²) in [6, 6.07) is 12.6. The summed E-state index contributed by atoms with van der Waals surface area (Å²) < 4.78 is 1.73. The molecule has 3 nitrogen and oxygen atoms in total. The van der Waals surface area contributed by atoms with E-state index in [1.54, 1.807) is 3.97 Å². The fraction of sp³-hybridized carbons (Fsp3) is 0.133. The van der Waals surface area contributed by atoms with Crippen molar-refractivity contribution >= 4 is 29.5 Å². The van der Waals surface area contributed by atoms with Crippen LogP contribution in [0.3, 0.4) is 0 Å². The number of hydrogen-bond acceptors (Lipinski definition) is 3. The highest BCUT2D eigenvalue weighted by Crippen LogP contribution is 2.25. The fourth-order valence-electron chi connectivity index (χ4n) is 2.12. The van der Waals surface area contributed by atoms with Crippen LogP contribution in [0.15, 0.2) is 48.8 Å². The summed E-state index contributed by atoms with van der Waals surface area (Å²) >= 11 is 4.31. The van der Waals surface area contributed by atoms with Crippen molar-refractivity contribution in [3.63, 3.8) is 0 Å². The lowest BCUT2D eigenvalue weighted by molar-refractivity contribution is 1.13. The van der Waals surface area contributed by atoms with Gasteiger partial charge in [0.05, 0.1) is 0 Å². The average Bonchev–Trinajstić information content (AvgIpc) is 2.80. The van der Waals surface area contributed by atoms with E-state index in [9.17, 15) is 0 Å². The van der Waals surface area contributed by atoms with Gasteiger partial charge in [-0.3, -0.25) is 3.97 Å². The van der Waals surface area contributed by atoms with E-state index in [1.807, 2.05) is 32.6 Å². The van der Waals surface area contributed by atoms with Gasteiger partial charge in [0.2, 0.25) is 0 Å². The lowest BCUT2D eigenvalue weighted by Gasteiger charge is -2.12. The highest BCUT2D eigenvalue weighted by Gasteiger charge is 2.04. The summed E-state index contributed by atoms with van der Waals surface area (Å²) in [6.45, 7) is 0. The molecule has 0 saturated carbocycles. The van der Waals surface area contributed by atoms with E-state index >= 15 is 0 Å². The summed E-state index contributed by atoms with van der Waals surface area (Å²) in [6.07, 6.45) is 3.79. The van der Waals surface area contributed by atoms with Gasteiger partial charge in [0, 0.05) is 43.1 Å². The van der Waals surface area contributed by atoms with Crippen molar-refractivity contribution in [2.24, 2.45) is 0 Å². The Morgan fingerprint density at radius 3 is 2.47 bits per heavy atom. The van der Waals surface area contributed by atoms with Gasteiger partial charge < -0.3 is 4.90 Å². The minimum Gasteiger partial charge on any atom is -0.378 e. The van der Waals surface area contributed by atoms with Crippen molar-refractivity contribution in [1.82, 2.24) is 8.96 Å². The topological polar surface area (TPSA) is 21.1 Å². The van der Waals surface area contributed by atoms with Crippen LogP contribution >= 0.6 is 12.8 Å². The van der Waals surface area contributed by atoms with Crippen molar-refractivity contribution in [1.29, 1.82) is 0 Å². The van der Waals surface area contributed by atoms with E-state index in [-0.39, 0.29) is 0 Å². The Morgan fingerprint density at radius 1 is 1.05 bits per heavy atom. The number of fused-ring (bicyclic) bond motifs is 1. The lowest BCUT2D eigenvalue weighted by atomic mass is 10.1. The molecule has 3 rings (SSSR count). The van der Waals surface area contributed by atoms with Crippen LogP contribution < -0.4 is 4.90 Å². The third-order valence-electron chi connectivity index (χ3n) is 3.22. The SMILES string of the molecule is CN(C)c1ccc(-c2cnc3c(ccn3S)c2)cc1. The van der Waals surface area contributed by atoms with Crippen molar-refractivity contribution in [2.75, 3.05) is 19.0 Å². The molecule has 0 amide bonds. The second kappa shape index (κ2) is 4.63. The second-order valence-corrected chi connectivity index (χ2v) is 5.17. The van der Waals surface area contributed by atoms with Gasteiger partial charge >= 0.3 is 0 Å². The molecule has 0 aliphatic rings. The molecular formula is C15H15N3S. The van der Waals surface area contributed by atoms with Crippen LogP contribution in [0.2, 0.25) is 0 Å². The number of rotatable bonds is 2. The molecule has 0 aliphatic heterocycles. The number of pyridine rings is 1. The molecule has 0 unspecified atom stereocenters. The molecule has 4 heteroatoms. The minimum absolute atomic E-state index is 0.886. The highest BCUT2D eigenvalue weighted by atomic mass is 32.1. The van der Waals surface area contributed by atoms with Crippen LogP contribution in [0.1, 0.15) is 0 Å². The van der Waals surface area contributed by atoms with Crippen molar-refractivity contribution in [3.8, 4) is 11.1 Å². The van der Waals surface area contributed by atoms with E-state index in [4.69, 9.17) is 0 Å². The minimum atomic E-state index is 0.886. The Labute approximate surface area is 118 Å². The zero-order valence-corrected chi connectivity index (χ0v) is 11.8. The molecule has 0 bridgehead atoms. The van der Waals surface area contributed by atoms with Gasteiger partial charge in [0.1, 0.15) is 5.65 Å². The third-order valence-corrected chi connectivity index (χ3v) is 3.55. The Morgan fingerprint density at radius 2 is 1.79 bits per heavy atom. The number of aromatic nitrogens is 2. The monoisotopic (exact) mass is 269 g/mol. The number of nitrogens with zero attached hydrogens (tertiary/aromatic N) is 3. The van der Waals surface area contributed by atoms with Crippen molar-refractivity contribution < 1.29 is 0 Å². The highest BCUT2D eigenvalue weighted by molar-refractivity contribution is 7.78. The van der Waals surface area contributed by atoms with Crippen LogP contribution in [0.25, 0.3) is 22.2 Å². The number of hydrogen-bond donors (Lipinski definition) is 1. The summed E-state index contributed by atoms with van der Waals surface area (Å²) in [7, 11) is 4.08. The Balaban J connectivity index is 2.03. The van der Waals surface area contributed by atoms with Crippen LogP contribution in [0, 0.1) is 0 Å². The molecule has 0 radical (unpaired) electrons. The number of thiol groups is 1. The molecule has 19 heavy (non-hydrogen) atoms. The first-order chi connectivity index (χ1) is 9.15. The number of anilines is 1. The molecule has 0 atom stereocenters. The first kappa shape index (κ1) is 12.1. The van der Waals surface area contributed by atoms with Gasteiger partial charge in [-0.25, -0.2) is 4.98 Å². The summed E-state index contributed by atoms with van der Waals surface area (Å²) in [5, 5.41) is 1.10. The Bertz CT molecular complexity index is 714. The fourth-order valence-corrected chi connectivity index (χ4v) is 2.35. The molecule has 0 saturated heterocycles. The van der Waals surface area contributed by atoms with Crippen LogP contribution in [-0.4, -0.2) is 23.1 Å². The molecule has 2 aromatic heterocycles. The van der Waals surface area contributed by atoms with E-state index in [0.29, 0.717) is 0 Å². The van der Waals surface area contributed by atoms with Gasteiger partial charge in [-0.05, 0) is 29.8 Å². The van der Waals surface area contributed by atoms with Crippen LogP contribution in [0.5, 0.6) is 0 Å². The molecule has 0 aliphatic carbocycles. The zero-order valence-electron chi connectivity index (χ0n) is 10.9. The van der Waals surface area contributed by atoms with Crippen molar-refractivity contribution in [2.45, 2.75) is 0 Å². The predicted molar refractivity (Wildman–Crippen MR) is 83.9 cm³/mol. The van der Waals surface area contributed by atoms with E-state index in [0.717, 1.165) is 16.6 Å². The predicted octanol–water partition coefficient (Wildman–Crippen LogP) is 3.46. The first-order valence-electron chi connectivity index (χ1n) is 6.09. The van der Waals surface area contributed by atoms with Gasteiger partial charge in [0.25, 0.3) is 0 Å². The quantitative estimate of drug-likeness (QED) is 0.719. The Hall–Kier alpha value is -1.94. The van der Waals surface area contributed by atoms with Gasteiger partial charge in [0.15, 0.2) is 0 Å². The molecule has 3 aromatic rings. The second-order valence-electron chi connectivity index (χ2n) is 4.74. The van der Waals surface area contributed by atoms with E-state index < -0.39 is 0 Å². The summed E-state index contributed by atoms with van der Waals surface area (Å²) in [5.74, 6) is 0. The maximum atomic E-state index is 4.45. The molecule has 96 valence electrons. The summed E-state index contributed by atoms with van der Waals surface area (Å²) in [5.41, 5.74) is 4.38. The Kier molecular flexibility index (Phi) is 2.95. The van der Waals surface area contributed by atoms with E-state index in [2.05, 4.69) is 53.0 Å². The summed E-state index contributed by atoms with van der Waals surface area (Å²) in [4.78, 5) is 6.54. The molecule has 0 N–H and O–H groups in total. The van der Waals surface area contributed by atoms with Crippen LogP contribution in [0.4, 0.5) is 5.69 Å². The maximum Gasteiger partial charge on any atom is 0.149 e. The molecular weight excluding hydrogens is 254 g/mol. The molecule has 0 fully saturated rings. The van der Waals surface area contributed by atoms with E-state index in [1.165, 1.54) is 11.3 Å². The third kappa shape index (κ3) is 2.19. The van der Waals surface area contributed by atoms with Crippen molar-refractivity contribution in [3.05, 3.63) is 48.8 Å². The number of benzene rings is 1. The molecule has 2 heterocycles. The van der Waals surface area contributed by atoms with Gasteiger partial charge in [-0.15, -0.1) is 0 Å². The molecule has 0 spiro atoms. The lowest BCUT2D eigenvalue weighted by Crippen LogP contribution is -2.07. The standard InChI is InChI=1S/C15H15N3S/c1-17(2)14-5-3-11(4-6-14)13-9-12-7-8-18(19)15(12)16-10-13/h3-10,19H,1-2H3. The maximum absolute atomic E-state index is 4.45. The largest absolute Gasteiger partial charge is 0.378 e. The average molecular weight is 269 g/mol. The zero-order chi connectivity index (χ0) is 13.4. The van der Waals surface area contributed by atoms with Gasteiger partial charge in [-0.1, -0.05) is 24.9 Å². The molecule has 1 aromatic carbocycles. The van der Waals surface area contributed by atoms with Crippen LogP contribution in [-0.2, 0) is 0 Å². The smallest absolute Gasteiger partial charge is 0.149 e. The van der Waals surface area contributed by atoms with Gasteiger partial charge in [-0.2, -0.15) is 0 Å². The normalized spacial score (nSPS) is 10.9.